The lowest BCUT2D eigenvalue weighted by Crippen LogP contribution is -2.05. The number of aromatic nitrogens is 1. The Morgan fingerprint density at radius 3 is 2.40 bits per heavy atom. The van der Waals surface area contributed by atoms with E-state index in [1.807, 2.05) is 0 Å². The molecule has 0 aliphatic carbocycles. The van der Waals surface area contributed by atoms with Crippen molar-refractivity contribution in [1.29, 1.82) is 0 Å². The molecule has 0 atom stereocenters. The van der Waals surface area contributed by atoms with Crippen LogP contribution in [0.5, 0.6) is 0 Å². The number of carbonyl (C=O) groups excluding carboxylic acids is 3. The summed E-state index contributed by atoms with van der Waals surface area (Å²) in [5.41, 5.74) is 2.48. The highest BCUT2D eigenvalue weighted by atomic mass is 16.5. The normalized spacial score (nSPS) is 10.3. The molecule has 0 saturated carbocycles. The average molecular weight is 279 g/mol. The van der Waals surface area contributed by atoms with Gasteiger partial charge < -0.3 is 9.72 Å². The monoisotopic (exact) mass is 279 g/mol. The Bertz CT molecular complexity index is 502. The highest BCUT2D eigenvalue weighted by Crippen LogP contribution is 2.19. The molecule has 0 bridgehead atoms. The van der Waals surface area contributed by atoms with Crippen LogP contribution in [0.2, 0.25) is 0 Å². The summed E-state index contributed by atoms with van der Waals surface area (Å²) >= 11 is 0. The zero-order valence-electron chi connectivity index (χ0n) is 12.2. The molecule has 0 aliphatic rings. The Hall–Kier alpha value is -1.91. The van der Waals surface area contributed by atoms with Crippen LogP contribution in [0.15, 0.2) is 0 Å². The summed E-state index contributed by atoms with van der Waals surface area (Å²) in [4.78, 5) is 37.0. The fraction of sp³-hybridized carbons (Fsp3) is 0.533. The van der Waals surface area contributed by atoms with Crippen molar-refractivity contribution >= 4 is 18.0 Å². The molecule has 5 nitrogen and oxygen atoms in total. The molecule has 0 radical (unpaired) electrons. The predicted molar refractivity (Wildman–Crippen MR) is 75.1 cm³/mol. The van der Waals surface area contributed by atoms with Gasteiger partial charge >= 0.3 is 5.97 Å². The van der Waals surface area contributed by atoms with Gasteiger partial charge in [0.25, 0.3) is 0 Å². The molecular formula is C15H21NO4. The highest BCUT2D eigenvalue weighted by molar-refractivity contribution is 6.00. The van der Waals surface area contributed by atoms with Gasteiger partial charge in [-0.15, -0.1) is 0 Å². The molecule has 5 heteroatoms. The summed E-state index contributed by atoms with van der Waals surface area (Å²) in [5, 5.41) is 0. The van der Waals surface area contributed by atoms with E-state index in [9.17, 15) is 14.4 Å². The Balaban J connectivity index is 2.50. The maximum Gasteiger partial charge on any atom is 0.305 e. The van der Waals surface area contributed by atoms with Gasteiger partial charge in [0.2, 0.25) is 0 Å². The maximum absolute atomic E-state index is 12.1. The summed E-state index contributed by atoms with van der Waals surface area (Å²) in [7, 11) is 0. The van der Waals surface area contributed by atoms with Gasteiger partial charge in [-0.25, -0.2) is 0 Å². The van der Waals surface area contributed by atoms with Crippen molar-refractivity contribution in [3.8, 4) is 0 Å². The fourth-order valence-electron chi connectivity index (χ4n) is 2.22. The van der Waals surface area contributed by atoms with E-state index in [0.717, 1.165) is 12.0 Å². The Kier molecular flexibility index (Phi) is 6.15. The van der Waals surface area contributed by atoms with E-state index in [-0.39, 0.29) is 11.8 Å². The van der Waals surface area contributed by atoms with E-state index in [1.165, 1.54) is 0 Å². The van der Waals surface area contributed by atoms with Crippen molar-refractivity contribution in [2.75, 3.05) is 6.61 Å². The lowest BCUT2D eigenvalue weighted by molar-refractivity contribution is -0.143. The first kappa shape index (κ1) is 16.1. The molecule has 0 spiro atoms. The minimum Gasteiger partial charge on any atom is -0.466 e. The van der Waals surface area contributed by atoms with Crippen LogP contribution in [0.1, 0.15) is 64.7 Å². The summed E-state index contributed by atoms with van der Waals surface area (Å²) in [6.07, 6.45) is 2.70. The molecule has 1 heterocycles. The number of aldehydes is 1. The number of aromatic amines is 1. The van der Waals surface area contributed by atoms with E-state index in [1.54, 1.807) is 20.8 Å². The maximum atomic E-state index is 12.1. The van der Waals surface area contributed by atoms with Crippen LogP contribution in [-0.4, -0.2) is 29.6 Å². The highest BCUT2D eigenvalue weighted by Gasteiger charge is 2.17. The second-order valence-corrected chi connectivity index (χ2v) is 4.72. The number of hydrogen-bond acceptors (Lipinski definition) is 4. The van der Waals surface area contributed by atoms with Gasteiger partial charge in [-0.1, -0.05) is 0 Å². The van der Waals surface area contributed by atoms with Crippen LogP contribution in [-0.2, 0) is 9.53 Å². The molecule has 1 rings (SSSR count). The second kappa shape index (κ2) is 7.62. The van der Waals surface area contributed by atoms with Gasteiger partial charge in [0, 0.05) is 24.1 Å². The molecule has 1 aromatic rings. The van der Waals surface area contributed by atoms with Crippen molar-refractivity contribution in [1.82, 2.24) is 4.98 Å². The van der Waals surface area contributed by atoms with Crippen LogP contribution in [0.25, 0.3) is 0 Å². The van der Waals surface area contributed by atoms with Crippen LogP contribution in [0.3, 0.4) is 0 Å². The quantitative estimate of drug-likeness (QED) is 0.343. The first-order chi connectivity index (χ1) is 9.51. The molecule has 0 unspecified atom stereocenters. The smallest absolute Gasteiger partial charge is 0.305 e. The van der Waals surface area contributed by atoms with Gasteiger partial charge in [0.05, 0.1) is 12.3 Å². The molecular weight excluding hydrogens is 258 g/mol. The van der Waals surface area contributed by atoms with Gasteiger partial charge in [0.15, 0.2) is 12.1 Å². The van der Waals surface area contributed by atoms with Crippen molar-refractivity contribution in [3.63, 3.8) is 0 Å². The molecule has 110 valence electrons. The molecule has 0 fully saturated rings. The molecule has 1 N–H and O–H groups in total. The summed E-state index contributed by atoms with van der Waals surface area (Å²) < 4.78 is 4.82. The zero-order valence-corrected chi connectivity index (χ0v) is 12.2. The number of unbranched alkanes of at least 4 members (excludes halogenated alkanes) is 1. The first-order valence-corrected chi connectivity index (χ1v) is 6.84. The standard InChI is InChI=1S/C15H21NO4/c1-4-20-14(19)8-6-5-7-13(18)15-10(2)12(9-17)16-11(15)3/h9,16H,4-8H2,1-3H3. The van der Waals surface area contributed by atoms with Gasteiger partial charge in [-0.05, 0) is 39.2 Å². The van der Waals surface area contributed by atoms with Gasteiger partial charge in [0.1, 0.15) is 0 Å². The number of Topliss-reactive ketones (excluding diaryl/α,β-unsaturated/α-hetero) is 1. The molecule has 0 aromatic carbocycles. The van der Waals surface area contributed by atoms with E-state index in [4.69, 9.17) is 4.74 Å². The minimum atomic E-state index is -0.225. The average Bonchev–Trinajstić information content (AvgIpc) is 2.69. The lowest BCUT2D eigenvalue weighted by Gasteiger charge is -2.03. The number of ether oxygens (including phenoxy) is 1. The molecule has 20 heavy (non-hydrogen) atoms. The van der Waals surface area contributed by atoms with Crippen molar-refractivity contribution in [2.45, 2.75) is 46.5 Å². The third-order valence-corrected chi connectivity index (χ3v) is 3.21. The first-order valence-electron chi connectivity index (χ1n) is 6.84. The fourth-order valence-corrected chi connectivity index (χ4v) is 2.22. The number of H-pyrrole nitrogens is 1. The molecule has 0 saturated heterocycles. The predicted octanol–water partition coefficient (Wildman–Crippen LogP) is 2.75. The molecule has 0 amide bonds. The summed E-state index contributed by atoms with van der Waals surface area (Å²) in [5.74, 6) is -0.217. The van der Waals surface area contributed by atoms with Crippen LogP contribution in [0.4, 0.5) is 0 Å². The number of aryl methyl sites for hydroxylation is 1. The second-order valence-electron chi connectivity index (χ2n) is 4.72. The molecule has 0 aliphatic heterocycles. The summed E-state index contributed by atoms with van der Waals surface area (Å²) in [6.45, 7) is 5.70. The van der Waals surface area contributed by atoms with Crippen molar-refractivity contribution in [3.05, 3.63) is 22.5 Å². The van der Waals surface area contributed by atoms with Crippen LogP contribution < -0.4 is 0 Å². The van der Waals surface area contributed by atoms with Crippen LogP contribution in [0, 0.1) is 13.8 Å². The minimum absolute atomic E-state index is 0.00760. The number of carbonyl (C=O) groups is 3. The largest absolute Gasteiger partial charge is 0.466 e. The molecule has 1 aromatic heterocycles. The van der Waals surface area contributed by atoms with Crippen molar-refractivity contribution < 1.29 is 19.1 Å². The van der Waals surface area contributed by atoms with E-state index >= 15 is 0 Å². The topological polar surface area (TPSA) is 76.2 Å². The number of rotatable bonds is 8. The zero-order chi connectivity index (χ0) is 15.1. The Morgan fingerprint density at radius 2 is 1.85 bits per heavy atom. The van der Waals surface area contributed by atoms with Crippen LogP contribution >= 0.6 is 0 Å². The number of ketones is 1. The summed E-state index contributed by atoms with van der Waals surface area (Å²) in [6, 6.07) is 0. The Morgan fingerprint density at radius 1 is 1.20 bits per heavy atom. The van der Waals surface area contributed by atoms with E-state index in [0.29, 0.717) is 49.1 Å². The number of nitrogens with one attached hydrogen (secondary N) is 1. The van der Waals surface area contributed by atoms with E-state index < -0.39 is 0 Å². The number of esters is 1. The van der Waals surface area contributed by atoms with Crippen molar-refractivity contribution in [2.24, 2.45) is 0 Å². The van der Waals surface area contributed by atoms with Gasteiger partial charge in [-0.2, -0.15) is 0 Å². The van der Waals surface area contributed by atoms with Gasteiger partial charge in [-0.3, -0.25) is 14.4 Å². The third-order valence-electron chi connectivity index (χ3n) is 3.21. The lowest BCUT2D eigenvalue weighted by atomic mass is 10.0. The third kappa shape index (κ3) is 4.05. The Labute approximate surface area is 118 Å². The van der Waals surface area contributed by atoms with E-state index in [2.05, 4.69) is 4.98 Å². The SMILES string of the molecule is CCOC(=O)CCCCC(=O)c1c(C)[nH]c(C=O)c1C. The number of hydrogen-bond donors (Lipinski definition) is 1.